The van der Waals surface area contributed by atoms with Crippen molar-refractivity contribution in [1.29, 1.82) is 21.0 Å². The average Bonchev–Trinajstić information content (AvgIpc) is 1.69. The molecule has 0 saturated carbocycles. The van der Waals surface area contributed by atoms with E-state index in [1.54, 1.807) is 173 Å². The van der Waals surface area contributed by atoms with Crippen LogP contribution in [-0.2, 0) is 0 Å². The minimum Gasteiger partial charge on any atom is -0.489 e. The Labute approximate surface area is 845 Å². The number of benzene rings is 2. The zero-order chi connectivity index (χ0) is 104. The minimum atomic E-state index is -1.00. The number of halogens is 2. The Morgan fingerprint density at radius 3 is 0.980 bits per heavy atom. The number of pyridine rings is 10. The van der Waals surface area contributed by atoms with E-state index in [1.165, 1.54) is 43.0 Å². The van der Waals surface area contributed by atoms with Crippen LogP contribution in [0.3, 0.4) is 0 Å². The third-order valence-electron chi connectivity index (χ3n) is 23.4. The molecule has 0 unspecified atom stereocenters. The molecule has 0 bridgehead atoms. The summed E-state index contributed by atoms with van der Waals surface area (Å²) < 4.78 is 81.2. The van der Waals surface area contributed by atoms with Crippen molar-refractivity contribution in [2.75, 3.05) is 98.4 Å². The van der Waals surface area contributed by atoms with Gasteiger partial charge in [0.15, 0.2) is 11.6 Å². The van der Waals surface area contributed by atoms with Crippen LogP contribution in [0.2, 0.25) is 0 Å². The molecule has 4 aliphatic heterocycles. The largest absolute Gasteiger partial charge is 0.489 e. The second-order valence-electron chi connectivity index (χ2n) is 37.7. The highest BCUT2D eigenvalue weighted by Gasteiger charge is 2.36. The monoisotopic (exact) mass is 1970 g/mol. The van der Waals surface area contributed by atoms with Crippen LogP contribution < -0.4 is 57.5 Å². The van der Waals surface area contributed by atoms with E-state index >= 15 is 0 Å². The highest BCUT2D eigenvalue weighted by atomic mass is 19.1. The van der Waals surface area contributed by atoms with E-state index in [1.807, 2.05) is 89.8 Å². The lowest BCUT2D eigenvalue weighted by molar-refractivity contribution is 0.0280. The molecule has 4 fully saturated rings. The number of anilines is 4. The zero-order valence-corrected chi connectivity index (χ0v) is 81.5. The Morgan fingerprint density at radius 2 is 0.687 bits per heavy atom. The maximum absolute atomic E-state index is 14.2. The van der Waals surface area contributed by atoms with Gasteiger partial charge in [0.25, 0.3) is 0 Å². The standard InChI is InChI=1S/2C28H24FN5O3.C28H26N6O3.C27H24N6O3/c1-4-18-5-7-21(10-25(18)29)37-23-14-33(15-23)26-8-6-19(12-31-26)24-9-22(36-17-28(2,3)35)16-34-27(24)20(11-30)13-32-34;1-4-18-5-7-25(24(29)9-18)37-22-14-33(15-22)26-8-6-19(12-31-26)23-10-21(36-17-28(2,3)35)16-34-27(23)20(11-30)13-32-34;1-4-5-21-7-8-22(14-30-21)37-24-15-33(16-24)26-9-6-19(12-31-26)25-10-23(36-18-28(2,3)35)17-34-27(25)20(11-29)13-32-34;1-4-18-5-8-25(30-11-18)36-22-14-32(15-22)24-7-6-19(12-29-24)23-9-21(35-17-27(2,3)34)16-33-26(23)20(10-28)13-31-33/h1,5-10,12-13,16,23,35H,14-15,17H2,2-3H3;1,5-10,12-13,16,22,35H,14-15,17H2,2-3H3;6-10,12-14,17,24,35H,15-16,18H2,1-3H3;1,5-9,11-13,16,22,34H,14-15,17H2,2-3H3. The predicted molar refractivity (Wildman–Crippen MR) is 544 cm³/mol. The molecule has 0 spiro atoms. The quantitative estimate of drug-likeness (QED) is 0.0331. The maximum atomic E-state index is 14.2. The maximum Gasteiger partial charge on any atom is 0.213 e. The van der Waals surface area contributed by atoms with Gasteiger partial charge in [-0.1, -0.05) is 23.7 Å². The first-order valence-electron chi connectivity index (χ1n) is 46.6. The fraction of sp³-hybridized carbons (Fsp3) is 0.261. The summed E-state index contributed by atoms with van der Waals surface area (Å²) in [7, 11) is 0. The van der Waals surface area contributed by atoms with Crippen molar-refractivity contribution in [1.82, 2.24) is 68.4 Å². The molecule has 16 aromatic rings. The van der Waals surface area contributed by atoms with E-state index in [-0.39, 0.29) is 62.2 Å². The zero-order valence-electron chi connectivity index (χ0n) is 81.5. The second kappa shape index (κ2) is 42.8. The molecule has 4 N–H and O–H groups in total. The highest BCUT2D eigenvalue weighted by Crippen LogP contribution is 2.40. The molecular weight excluding hydrogens is 1870 g/mol. The van der Waals surface area contributed by atoms with Gasteiger partial charge in [-0.2, -0.15) is 41.4 Å². The van der Waals surface area contributed by atoms with Gasteiger partial charge in [-0.3, -0.25) is 0 Å². The number of nitrogens with zero attached hydrogens (tertiary/aromatic N) is 22. The highest BCUT2D eigenvalue weighted by molar-refractivity contribution is 5.89. The van der Waals surface area contributed by atoms with Crippen LogP contribution in [-0.4, -0.2) is 214 Å². The SMILES string of the molecule is C#Cc1ccc(OC2CN(c3ccc(-c4cc(OCC(C)(C)O)cn5ncc(C#N)c45)cn3)C2)c(F)c1.C#Cc1ccc(OC2CN(c3ccc(-c4cc(OCC(C)(C)O)cn5ncc(C#N)c45)cn3)C2)cc1F.C#Cc1ccc(OC2CN(c3ccc(-c4cc(OCC(C)(C)O)cn5ncc(C#N)c45)cn3)C2)nc1.CC#Cc1ccc(OC2CN(c3ccc(-c4cc(OCC(C)(C)O)cn5ncc(C#N)c45)cn3)C2)cn1. The number of aromatic nitrogens is 14. The van der Waals surface area contributed by atoms with E-state index in [9.17, 15) is 50.3 Å². The van der Waals surface area contributed by atoms with Gasteiger partial charge in [-0.05, 0) is 190 Å². The van der Waals surface area contributed by atoms with Gasteiger partial charge in [-0.25, -0.2) is 56.7 Å². The number of aliphatic hydroxyl groups is 4. The van der Waals surface area contributed by atoms with Crippen LogP contribution in [0.1, 0.15) is 107 Å². The molecule has 0 radical (unpaired) electrons. The number of ether oxygens (including phenoxy) is 8. The molecule has 4 saturated heterocycles. The predicted octanol–water partition coefficient (Wildman–Crippen LogP) is 14.1. The molecule has 0 aliphatic carbocycles. The molecule has 18 heterocycles. The summed E-state index contributed by atoms with van der Waals surface area (Å²) >= 11 is 0. The fourth-order valence-corrected chi connectivity index (χ4v) is 16.0. The lowest BCUT2D eigenvalue weighted by Crippen LogP contribution is -2.54. The summed E-state index contributed by atoms with van der Waals surface area (Å²) in [5.41, 5.74) is 8.77. The molecule has 738 valence electrons. The number of hydrogen-bond donors (Lipinski definition) is 4. The van der Waals surface area contributed by atoms with Gasteiger partial charge in [0.05, 0.1) is 180 Å². The Kier molecular flexibility index (Phi) is 29.2. The topological polar surface area (TPSA) is 409 Å². The number of fused-ring (bicyclic) bond motifs is 4. The van der Waals surface area contributed by atoms with Crippen LogP contribution in [0.5, 0.6) is 46.1 Å². The molecule has 14 aromatic heterocycles. The molecule has 20 rings (SSSR count). The lowest BCUT2D eigenvalue weighted by Gasteiger charge is -2.39. The van der Waals surface area contributed by atoms with Crippen molar-refractivity contribution in [3.63, 3.8) is 0 Å². The van der Waals surface area contributed by atoms with Crippen molar-refractivity contribution in [2.45, 2.75) is 109 Å². The molecule has 36 heteroatoms. The molecule has 34 nitrogen and oxygen atoms in total. The van der Waals surface area contributed by atoms with Gasteiger partial charge in [0, 0.05) is 98.8 Å². The Balaban J connectivity index is 0.000000134. The Hall–Kier alpha value is -18.4. The summed E-state index contributed by atoms with van der Waals surface area (Å²) in [4.78, 5) is 35.4. The Morgan fingerprint density at radius 1 is 0.340 bits per heavy atom. The van der Waals surface area contributed by atoms with Crippen molar-refractivity contribution in [3.8, 4) is 164 Å². The smallest absolute Gasteiger partial charge is 0.213 e. The van der Waals surface area contributed by atoms with Gasteiger partial charge in [0.1, 0.15) is 144 Å². The van der Waals surface area contributed by atoms with E-state index in [2.05, 4.69) is 119 Å². The van der Waals surface area contributed by atoms with Gasteiger partial charge in [-0.15, -0.1) is 19.3 Å². The van der Waals surface area contributed by atoms with E-state index in [4.69, 9.17) is 57.2 Å². The first kappa shape index (κ1) is 100. The summed E-state index contributed by atoms with van der Waals surface area (Å²) in [5.74, 6) is 19.2. The van der Waals surface area contributed by atoms with Crippen LogP contribution >= 0.6 is 0 Å². The number of hydrogen-bond acceptors (Lipinski definition) is 30. The first-order chi connectivity index (χ1) is 70.6. The molecule has 0 amide bonds. The van der Waals surface area contributed by atoms with E-state index in [0.717, 1.165) is 79.2 Å². The van der Waals surface area contributed by atoms with Crippen LogP contribution in [0, 0.1) is 106 Å². The van der Waals surface area contributed by atoms with Gasteiger partial charge in [0.2, 0.25) is 5.88 Å². The lowest BCUT2D eigenvalue weighted by atomic mass is 10.0. The average molecular weight is 1970 g/mol. The molecule has 0 atom stereocenters. The first-order valence-corrected chi connectivity index (χ1v) is 46.6. The van der Waals surface area contributed by atoms with Crippen molar-refractivity contribution in [2.24, 2.45) is 0 Å². The number of rotatable bonds is 28. The van der Waals surface area contributed by atoms with Gasteiger partial charge < -0.3 is 77.9 Å². The van der Waals surface area contributed by atoms with Crippen molar-refractivity contribution in [3.05, 3.63) is 276 Å². The second-order valence-corrected chi connectivity index (χ2v) is 37.7. The van der Waals surface area contributed by atoms with E-state index < -0.39 is 34.0 Å². The number of nitriles is 4. The minimum absolute atomic E-state index is 0.0184. The van der Waals surface area contributed by atoms with Gasteiger partial charge >= 0.3 is 0 Å². The summed E-state index contributed by atoms with van der Waals surface area (Å²) in [6.45, 7) is 20.7. The molecule has 4 aliphatic rings. The third kappa shape index (κ3) is 24.2. The number of terminal acetylenes is 3. The van der Waals surface area contributed by atoms with Crippen LogP contribution in [0.25, 0.3) is 66.6 Å². The Bertz CT molecular complexity index is 7930. The normalized spacial score (nSPS) is 13.6. The summed E-state index contributed by atoms with van der Waals surface area (Å²) in [6, 6.07) is 47.8. The summed E-state index contributed by atoms with van der Waals surface area (Å²) in [5, 5.41) is 95.6. The van der Waals surface area contributed by atoms with E-state index in [0.29, 0.717) is 142 Å². The van der Waals surface area contributed by atoms with Crippen LogP contribution in [0.15, 0.2) is 220 Å². The molecule has 147 heavy (non-hydrogen) atoms. The summed E-state index contributed by atoms with van der Waals surface area (Å²) in [6.07, 6.45) is 38.9. The van der Waals surface area contributed by atoms with Crippen molar-refractivity contribution >= 4 is 45.3 Å². The van der Waals surface area contributed by atoms with Crippen molar-refractivity contribution < 1.29 is 67.1 Å². The molecular formula is C111H98F2N22O12. The third-order valence-corrected chi connectivity index (χ3v) is 23.4. The fourth-order valence-electron chi connectivity index (χ4n) is 16.0. The molecule has 2 aromatic carbocycles. The van der Waals surface area contributed by atoms with Crippen LogP contribution in [0.4, 0.5) is 32.1 Å².